The van der Waals surface area contributed by atoms with Crippen molar-refractivity contribution in [3.8, 4) is 23.0 Å². The number of fused-ring (bicyclic) bond motifs is 10. The summed E-state index contributed by atoms with van der Waals surface area (Å²) in [7, 11) is -46.2. The number of rotatable bonds is 39. The first kappa shape index (κ1) is 96.5. The smallest absolute Gasteiger partial charge is 0.388 e. The zero-order chi connectivity index (χ0) is 88.3. The third kappa shape index (κ3) is 23.6. The molecule has 4 bridgehead atoms. The van der Waals surface area contributed by atoms with Gasteiger partial charge in [-0.15, -0.1) is 0 Å². The van der Waals surface area contributed by atoms with E-state index in [1.165, 1.54) is 9.80 Å². The van der Waals surface area contributed by atoms with E-state index in [1.54, 1.807) is 13.1 Å². The fourth-order valence-electron chi connectivity index (χ4n) is 21.8. The lowest BCUT2D eigenvalue weighted by Crippen LogP contribution is -2.72. The highest BCUT2D eigenvalue weighted by Crippen LogP contribution is 2.65. The standard InChI is InChI=1S/C80H136N2O21Si16/c1-59-42-39-44-63(52-59)87-65-46-41-47-66(58-65)88-64-45-40-43-62(57-64)82-79(85)74-61-54-70(76(74)80(82)86)72(56-61)105(5,6)90-119(67-48-35-33-36-49-67,68-50-37-34-38-51-68)103-118(31,32)102-117(29,30)101-116(27,28)100-115(25,26)99-114(23,24)98-113(21,22)97-112(19,20)96-111(17,18)95-110(15,16)94-109(13,14)93-108(11,12)92-107(9,10)91-106(7,8)89-104(3,4)71-55-60-53-69(71)75-73(60)77(83)81(2)78(75)84/h33-52,57-58,60-61,69-76H,53-56H2,1-32H3. The Morgan fingerprint density at radius 3 is 0.916 bits per heavy atom. The van der Waals surface area contributed by atoms with Crippen molar-refractivity contribution in [1.82, 2.24) is 4.90 Å². The van der Waals surface area contributed by atoms with Gasteiger partial charge in [-0.25, -0.2) is 4.90 Å². The molecule has 10 unspecified atom stereocenters. The zero-order valence-corrected chi connectivity index (χ0v) is 92.8. The van der Waals surface area contributed by atoms with Crippen LogP contribution in [0.3, 0.4) is 0 Å². The first-order valence-corrected chi connectivity index (χ1v) is 86.7. The number of carbonyl (C=O) groups is 4. The number of likely N-dealkylation sites (tertiary alicyclic amines) is 1. The second kappa shape index (κ2) is 34.5. The minimum absolute atomic E-state index is 0.00789. The summed E-state index contributed by atoms with van der Waals surface area (Å²) in [4.78, 5) is 59.0. The van der Waals surface area contributed by atoms with Crippen molar-refractivity contribution in [1.29, 1.82) is 0 Å². The normalized spacial score (nSPS) is 23.4. The molecule has 6 fully saturated rings. The van der Waals surface area contributed by atoms with Crippen LogP contribution >= 0.6 is 0 Å². The van der Waals surface area contributed by atoms with E-state index in [0.29, 0.717) is 22.9 Å². The maximum Gasteiger partial charge on any atom is 0.388 e. The van der Waals surface area contributed by atoms with Crippen LogP contribution in [-0.4, -0.2) is 172 Å². The maximum atomic E-state index is 15.1. The van der Waals surface area contributed by atoms with Gasteiger partial charge in [-0.1, -0.05) is 84.9 Å². The molecule has 0 aromatic heterocycles. The van der Waals surface area contributed by atoms with Crippen LogP contribution in [0, 0.1) is 54.3 Å². The van der Waals surface area contributed by atoms with E-state index in [0.717, 1.165) is 47.4 Å². The van der Waals surface area contributed by atoms with Gasteiger partial charge in [-0.2, -0.15) is 0 Å². The Labute approximate surface area is 727 Å². The lowest BCUT2D eigenvalue weighted by atomic mass is 9.81. The predicted molar refractivity (Wildman–Crippen MR) is 505 cm³/mol. The molecule has 656 valence electrons. The lowest BCUT2D eigenvalue weighted by Gasteiger charge is -2.48. The number of hydrogen-bond donors (Lipinski definition) is 0. The molecule has 119 heavy (non-hydrogen) atoms. The van der Waals surface area contributed by atoms with Crippen LogP contribution in [0.25, 0.3) is 0 Å². The number of amides is 4. The Kier molecular flexibility index (Phi) is 27.9. The summed E-state index contributed by atoms with van der Waals surface area (Å²) in [5, 5.41) is 1.91. The van der Waals surface area contributed by atoms with E-state index in [1.807, 2.05) is 149 Å². The molecule has 4 aliphatic carbocycles. The molecule has 4 amide bonds. The fraction of sp³-hybridized carbons (Fsp3) is 0.575. The minimum Gasteiger partial charge on any atom is -0.457 e. The number of aryl methyl sites for hydroxylation is 1. The molecule has 2 aliphatic heterocycles. The molecule has 6 aliphatic rings. The molecule has 23 nitrogen and oxygen atoms in total. The SMILES string of the molecule is Cc1cccc(Oc2cccc(Oc3cccc(N4C(=O)C5C6CC(C5C4=O)C([Si](C)(C)O[Si](O[Si](C)(C)O[Si](C)(C)O[Si](C)(C)O[Si](C)(C)O[Si](C)(C)O[Si](C)(C)O[Si](C)(C)O[Si](C)(C)O[Si](C)(C)O[Si](C)(C)O[Si](C)(C)O[Si](C)(C)O[Si](C)(C)O[Si](C)(C)C4CC5CC4C4C(=O)N(C)C(=O)C54)(c4ccccc4)c4ccccc4)C6)c3)c2)c1. The summed E-state index contributed by atoms with van der Waals surface area (Å²) in [6.45, 7) is 64.7. The van der Waals surface area contributed by atoms with Crippen LogP contribution in [0.15, 0.2) is 133 Å². The zero-order valence-electron chi connectivity index (χ0n) is 76.8. The Morgan fingerprint density at radius 2 is 0.555 bits per heavy atom. The molecule has 5 aromatic rings. The van der Waals surface area contributed by atoms with Crippen molar-refractivity contribution in [2.75, 3.05) is 11.9 Å². The molecule has 2 saturated heterocycles. The summed E-state index contributed by atoms with van der Waals surface area (Å²) in [5.74, 6) is 1.14. The molecule has 0 radical (unpaired) electrons. The van der Waals surface area contributed by atoms with Gasteiger partial charge in [0.05, 0.1) is 29.4 Å². The summed E-state index contributed by atoms with van der Waals surface area (Å²) in [5.41, 5.74) is 1.90. The first-order valence-electron chi connectivity index (χ1n) is 42.3. The largest absolute Gasteiger partial charge is 0.457 e. The van der Waals surface area contributed by atoms with E-state index in [-0.39, 0.29) is 70.2 Å². The summed E-state index contributed by atoms with van der Waals surface area (Å²) < 4.78 is 121. The third-order valence-corrected chi connectivity index (χ3v) is 87.6. The van der Waals surface area contributed by atoms with E-state index < -0.39 is 148 Å². The average Bonchev–Trinajstić information content (AvgIpc) is 1.57. The number of ether oxygens (including phenoxy) is 2. The quantitative estimate of drug-likeness (QED) is 0.0263. The van der Waals surface area contributed by atoms with E-state index >= 15 is 4.79 Å². The number of imide groups is 2. The molecular weight excluding hydrogens is 1770 g/mol. The van der Waals surface area contributed by atoms with E-state index in [2.05, 4.69) is 181 Å². The van der Waals surface area contributed by atoms with Crippen LogP contribution in [0.2, 0.25) is 207 Å². The maximum absolute atomic E-state index is 15.1. The monoisotopic (exact) mass is 1910 g/mol. The van der Waals surface area contributed by atoms with Gasteiger partial charge in [0.25, 0.3) is 0 Å². The molecule has 39 heteroatoms. The number of anilines is 1. The van der Waals surface area contributed by atoms with Crippen molar-refractivity contribution in [2.24, 2.45) is 47.3 Å². The first-order chi connectivity index (χ1) is 54.3. The molecule has 2 heterocycles. The van der Waals surface area contributed by atoms with Crippen molar-refractivity contribution < 1.29 is 90.4 Å². The summed E-state index contributed by atoms with van der Waals surface area (Å²) in [6.07, 6.45) is 3.41. The van der Waals surface area contributed by atoms with Gasteiger partial charge in [-0.05, 0) is 316 Å². The van der Waals surface area contributed by atoms with Gasteiger partial charge in [0.15, 0.2) is 16.6 Å². The molecule has 4 saturated carbocycles. The molecule has 0 spiro atoms. The van der Waals surface area contributed by atoms with Gasteiger partial charge in [0.2, 0.25) is 23.6 Å². The Bertz CT molecular complexity index is 4480. The van der Waals surface area contributed by atoms with Crippen LogP contribution in [0.5, 0.6) is 23.0 Å². The summed E-state index contributed by atoms with van der Waals surface area (Å²) in [6, 6.07) is 43.2. The van der Waals surface area contributed by atoms with Crippen molar-refractivity contribution in [3.63, 3.8) is 0 Å². The van der Waals surface area contributed by atoms with Crippen molar-refractivity contribution >= 4 is 176 Å². The van der Waals surface area contributed by atoms with E-state index in [9.17, 15) is 14.4 Å². The van der Waals surface area contributed by atoms with Crippen LogP contribution < -0.4 is 24.7 Å². The van der Waals surface area contributed by atoms with Gasteiger partial charge >= 0.3 is 120 Å². The fourth-order valence-corrected chi connectivity index (χ4v) is 106. The van der Waals surface area contributed by atoms with Gasteiger partial charge in [0, 0.05) is 19.2 Å². The number of nitrogens with zero attached hydrogens (tertiary/aromatic N) is 2. The van der Waals surface area contributed by atoms with Crippen LogP contribution in [0.4, 0.5) is 5.69 Å². The molecular formula is C80H136N2O21Si16. The highest BCUT2D eigenvalue weighted by atomic mass is 28.5. The average molecular weight is 1910 g/mol. The minimum atomic E-state index is -3.73. The topological polar surface area (TPSA) is 232 Å². The second-order valence-electron chi connectivity index (χ2n) is 40.6. The molecule has 0 N–H and O–H groups in total. The second-order valence-corrected chi connectivity index (χ2v) is 99.6. The highest BCUT2D eigenvalue weighted by Gasteiger charge is 2.69. The molecule has 11 rings (SSSR count). The highest BCUT2D eigenvalue weighted by molar-refractivity contribution is 7.03. The summed E-state index contributed by atoms with van der Waals surface area (Å²) >= 11 is 0. The Hall–Kier alpha value is -3.15. The van der Waals surface area contributed by atoms with Gasteiger partial charge in [-0.3, -0.25) is 24.1 Å². The molecule has 5 aromatic carbocycles. The van der Waals surface area contributed by atoms with E-state index in [4.69, 9.17) is 71.2 Å². The lowest BCUT2D eigenvalue weighted by molar-refractivity contribution is -0.139. The van der Waals surface area contributed by atoms with Crippen molar-refractivity contribution in [3.05, 3.63) is 139 Å². The third-order valence-electron chi connectivity index (χ3n) is 22.9. The number of carbonyl (C=O) groups excluding carboxylic acids is 4. The predicted octanol–water partition coefficient (Wildman–Crippen LogP) is 18.8. The van der Waals surface area contributed by atoms with Crippen molar-refractivity contribution in [2.45, 2.75) is 240 Å². The Balaban J connectivity index is 0.682. The number of benzene rings is 5. The molecule has 10 atom stereocenters. The Morgan fingerprint density at radius 1 is 0.277 bits per heavy atom. The number of hydrogen-bond acceptors (Lipinski definition) is 21. The van der Waals surface area contributed by atoms with Gasteiger partial charge < -0.3 is 71.2 Å². The van der Waals surface area contributed by atoms with Crippen LogP contribution in [0.1, 0.15) is 31.2 Å². The van der Waals surface area contributed by atoms with Crippen LogP contribution in [-0.2, 0) is 80.9 Å². The van der Waals surface area contributed by atoms with Gasteiger partial charge in [0.1, 0.15) is 23.0 Å².